The highest BCUT2D eigenvalue weighted by atomic mass is 35.5. The van der Waals surface area contributed by atoms with Crippen LogP contribution in [0.2, 0.25) is 4.34 Å². The third-order valence-electron chi connectivity index (χ3n) is 4.95. The summed E-state index contributed by atoms with van der Waals surface area (Å²) in [5.41, 5.74) is 0.907. The van der Waals surface area contributed by atoms with Crippen LogP contribution in [0.25, 0.3) is 17.2 Å². The molecule has 0 unspecified atom stereocenters. The lowest BCUT2D eigenvalue weighted by molar-refractivity contribution is -0.384. The summed E-state index contributed by atoms with van der Waals surface area (Å²) in [6, 6.07) is 12.0. The number of hydrogen-bond acceptors (Lipinski definition) is 7. The van der Waals surface area contributed by atoms with Crippen LogP contribution in [0.15, 0.2) is 60.1 Å². The number of aromatic nitrogens is 1. The van der Waals surface area contributed by atoms with Gasteiger partial charge in [0.2, 0.25) is 15.9 Å². The monoisotopic (exact) mass is 504 g/mol. The molecule has 1 amide bonds. The minimum atomic E-state index is -3.85. The van der Waals surface area contributed by atoms with Crippen LogP contribution in [-0.4, -0.2) is 36.8 Å². The largest absolute Gasteiger partial charge is 0.295 e. The van der Waals surface area contributed by atoms with Crippen molar-refractivity contribution < 1.29 is 18.1 Å². The van der Waals surface area contributed by atoms with Crippen molar-refractivity contribution in [3.8, 4) is 11.1 Å². The Morgan fingerprint density at radius 1 is 1.21 bits per heavy atom. The first-order chi connectivity index (χ1) is 15.7. The number of pyridine rings is 1. The first-order valence-electron chi connectivity index (χ1n) is 9.70. The number of para-hydroxylation sites is 1. The number of nitro groups is 1. The molecule has 3 heterocycles. The molecule has 0 aliphatic carbocycles. The number of carbonyl (C=O) groups excluding carboxylic acids is 1. The van der Waals surface area contributed by atoms with E-state index in [9.17, 15) is 23.3 Å². The SMILES string of the molecule is O=C1[C@@H](NS(=O)(=O)C=Cc2ccc(Cl)s2)CCN1c1ccc(-c2ccccc2[N+](=O)[O-])cn1. The molecule has 12 heteroatoms. The number of hydrogen-bond donors (Lipinski definition) is 1. The summed E-state index contributed by atoms with van der Waals surface area (Å²) in [6.07, 6.45) is 3.15. The fourth-order valence-corrected chi connectivity index (χ4v) is 5.48. The lowest BCUT2D eigenvalue weighted by Crippen LogP contribution is -2.40. The predicted octanol–water partition coefficient (Wildman–Crippen LogP) is 4.07. The molecule has 0 saturated carbocycles. The quantitative estimate of drug-likeness (QED) is 0.382. The van der Waals surface area contributed by atoms with Crippen molar-refractivity contribution in [2.45, 2.75) is 12.5 Å². The lowest BCUT2D eigenvalue weighted by Gasteiger charge is -2.16. The Balaban J connectivity index is 1.46. The second-order valence-electron chi connectivity index (χ2n) is 7.12. The smallest absolute Gasteiger partial charge is 0.277 e. The summed E-state index contributed by atoms with van der Waals surface area (Å²) in [5.74, 6) is -0.0788. The maximum absolute atomic E-state index is 12.8. The van der Waals surface area contributed by atoms with Gasteiger partial charge in [0.05, 0.1) is 14.8 Å². The molecule has 9 nitrogen and oxygen atoms in total. The van der Waals surface area contributed by atoms with E-state index in [2.05, 4.69) is 9.71 Å². The van der Waals surface area contributed by atoms with Crippen molar-refractivity contribution in [3.05, 3.63) is 79.5 Å². The lowest BCUT2D eigenvalue weighted by atomic mass is 10.1. The fourth-order valence-electron chi connectivity index (χ4n) is 3.41. The van der Waals surface area contributed by atoms with Gasteiger partial charge in [0.1, 0.15) is 11.9 Å². The number of nitro benzene ring substituents is 1. The summed E-state index contributed by atoms with van der Waals surface area (Å²) >= 11 is 7.08. The molecular formula is C21H17ClN4O5S2. The number of benzene rings is 1. The summed E-state index contributed by atoms with van der Waals surface area (Å²) < 4.78 is 27.7. The molecule has 33 heavy (non-hydrogen) atoms. The van der Waals surface area contributed by atoms with Crippen molar-refractivity contribution in [1.29, 1.82) is 0 Å². The molecule has 1 aromatic carbocycles. The molecule has 0 spiro atoms. The minimum absolute atomic E-state index is 0.0448. The van der Waals surface area contributed by atoms with Crippen molar-refractivity contribution in [2.24, 2.45) is 0 Å². The van der Waals surface area contributed by atoms with E-state index < -0.39 is 26.9 Å². The van der Waals surface area contributed by atoms with Crippen molar-refractivity contribution in [3.63, 3.8) is 0 Å². The molecule has 170 valence electrons. The van der Waals surface area contributed by atoms with E-state index in [4.69, 9.17) is 11.6 Å². The van der Waals surface area contributed by atoms with E-state index in [0.29, 0.717) is 26.2 Å². The highest BCUT2D eigenvalue weighted by Gasteiger charge is 2.35. The second-order valence-corrected chi connectivity index (χ2v) is 10.5. The number of carbonyl (C=O) groups is 1. The van der Waals surface area contributed by atoms with Crippen LogP contribution >= 0.6 is 22.9 Å². The summed E-state index contributed by atoms with van der Waals surface area (Å²) in [6.45, 7) is 0.286. The normalized spacial score (nSPS) is 16.6. The average Bonchev–Trinajstić information content (AvgIpc) is 3.37. The van der Waals surface area contributed by atoms with Crippen LogP contribution in [0.1, 0.15) is 11.3 Å². The fraction of sp³-hybridized carbons (Fsp3) is 0.143. The zero-order valence-corrected chi connectivity index (χ0v) is 19.3. The molecular weight excluding hydrogens is 488 g/mol. The van der Waals surface area contributed by atoms with Crippen LogP contribution < -0.4 is 9.62 Å². The van der Waals surface area contributed by atoms with Gasteiger partial charge in [-0.05, 0) is 42.8 Å². The molecule has 0 radical (unpaired) electrons. The second kappa shape index (κ2) is 9.40. The Kier molecular flexibility index (Phi) is 6.56. The Morgan fingerprint density at radius 3 is 2.67 bits per heavy atom. The van der Waals surface area contributed by atoms with Gasteiger partial charge in [0.25, 0.3) is 5.69 Å². The van der Waals surface area contributed by atoms with Crippen molar-refractivity contribution in [2.75, 3.05) is 11.4 Å². The summed E-state index contributed by atoms with van der Waals surface area (Å²) in [7, 11) is -3.85. The van der Waals surface area contributed by atoms with E-state index in [1.807, 2.05) is 0 Å². The number of halogens is 1. The molecule has 1 fully saturated rings. The van der Waals surface area contributed by atoms with Crippen LogP contribution in [0.4, 0.5) is 11.5 Å². The van der Waals surface area contributed by atoms with Gasteiger partial charge in [-0.2, -0.15) is 4.72 Å². The van der Waals surface area contributed by atoms with Gasteiger partial charge < -0.3 is 0 Å². The van der Waals surface area contributed by atoms with Gasteiger partial charge in [-0.15, -0.1) is 11.3 Å². The van der Waals surface area contributed by atoms with Gasteiger partial charge in [0.15, 0.2) is 0 Å². The van der Waals surface area contributed by atoms with Crippen molar-refractivity contribution >= 4 is 56.4 Å². The van der Waals surface area contributed by atoms with E-state index in [1.165, 1.54) is 34.6 Å². The van der Waals surface area contributed by atoms with Gasteiger partial charge in [-0.3, -0.25) is 19.8 Å². The van der Waals surface area contributed by atoms with Crippen LogP contribution in [-0.2, 0) is 14.8 Å². The maximum Gasteiger partial charge on any atom is 0.277 e. The highest BCUT2D eigenvalue weighted by Crippen LogP contribution is 2.30. The third kappa shape index (κ3) is 5.28. The third-order valence-corrected chi connectivity index (χ3v) is 7.26. The molecule has 0 bridgehead atoms. The van der Waals surface area contributed by atoms with Crippen LogP contribution in [0.3, 0.4) is 0 Å². The number of nitrogens with zero attached hydrogens (tertiary/aromatic N) is 3. The molecule has 1 aliphatic rings. The van der Waals surface area contributed by atoms with E-state index in [1.54, 1.807) is 42.5 Å². The van der Waals surface area contributed by atoms with Gasteiger partial charge >= 0.3 is 0 Å². The number of amides is 1. The molecule has 1 N–H and O–H groups in total. The summed E-state index contributed by atoms with van der Waals surface area (Å²) in [5, 5.41) is 12.3. The Bertz CT molecular complexity index is 1340. The average molecular weight is 505 g/mol. The number of rotatable bonds is 7. The van der Waals surface area contributed by atoms with E-state index in [0.717, 1.165) is 5.41 Å². The summed E-state index contributed by atoms with van der Waals surface area (Å²) in [4.78, 5) is 29.9. The molecule has 1 aliphatic heterocycles. The molecule has 4 rings (SSSR count). The first kappa shape index (κ1) is 23.1. The zero-order valence-electron chi connectivity index (χ0n) is 16.9. The Morgan fingerprint density at radius 2 is 2.00 bits per heavy atom. The minimum Gasteiger partial charge on any atom is -0.295 e. The van der Waals surface area contributed by atoms with Crippen LogP contribution in [0, 0.1) is 10.1 Å². The number of anilines is 1. The van der Waals surface area contributed by atoms with Crippen molar-refractivity contribution in [1.82, 2.24) is 9.71 Å². The first-order valence-corrected chi connectivity index (χ1v) is 12.4. The van der Waals surface area contributed by atoms with E-state index >= 15 is 0 Å². The molecule has 1 atom stereocenters. The Hall–Kier alpha value is -3.12. The standard InChI is InChI=1S/C21H17ClN4O5S2/c22-19-7-6-15(32-19)10-12-33(30,31)24-17-9-11-25(21(17)27)20-8-5-14(13-23-20)16-3-1-2-4-18(16)26(28)29/h1-8,10,12-13,17,24H,9,11H2/t17-/m0/s1. The Labute approximate surface area is 198 Å². The maximum atomic E-state index is 12.8. The number of nitrogens with one attached hydrogen (secondary N) is 1. The molecule has 2 aromatic heterocycles. The van der Waals surface area contributed by atoms with Crippen LogP contribution in [0.5, 0.6) is 0 Å². The zero-order chi connectivity index (χ0) is 23.6. The van der Waals surface area contributed by atoms with E-state index in [-0.39, 0.29) is 18.7 Å². The number of thiophene rings is 1. The van der Waals surface area contributed by atoms with Gasteiger partial charge in [-0.1, -0.05) is 23.7 Å². The highest BCUT2D eigenvalue weighted by molar-refractivity contribution is 7.92. The topological polar surface area (TPSA) is 123 Å². The predicted molar refractivity (Wildman–Crippen MR) is 128 cm³/mol. The molecule has 1 saturated heterocycles. The number of sulfonamides is 1. The van der Waals surface area contributed by atoms with Gasteiger partial charge in [-0.25, -0.2) is 13.4 Å². The molecule has 3 aromatic rings. The van der Waals surface area contributed by atoms with Gasteiger partial charge in [0, 0.05) is 34.7 Å².